The maximum Gasteiger partial charge on any atom is 0.250 e. The first-order valence-electron chi connectivity index (χ1n) is 4.19. The van der Waals surface area contributed by atoms with Crippen molar-refractivity contribution >= 4 is 21.4 Å². The zero-order valence-electron chi connectivity index (χ0n) is 7.67. The van der Waals surface area contributed by atoms with Gasteiger partial charge >= 0.3 is 0 Å². The fourth-order valence-corrected chi connectivity index (χ4v) is 3.10. The number of thiophene rings is 1. The predicted molar refractivity (Wildman–Crippen MR) is 56.9 cm³/mol. The van der Waals surface area contributed by atoms with Crippen molar-refractivity contribution in [3.63, 3.8) is 0 Å². The van der Waals surface area contributed by atoms with Gasteiger partial charge in [0.25, 0.3) is 0 Å². The van der Waals surface area contributed by atoms with Crippen molar-refractivity contribution in [2.24, 2.45) is 0 Å². The predicted octanol–water partition coefficient (Wildman–Crippen LogP) is 0.950. The van der Waals surface area contributed by atoms with Gasteiger partial charge < -0.3 is 0 Å². The molecule has 0 aromatic carbocycles. The molecule has 0 aliphatic rings. The first kappa shape index (κ1) is 10.3. The Balaban J connectivity index is 2.06. The van der Waals surface area contributed by atoms with E-state index < -0.39 is 10.0 Å². The van der Waals surface area contributed by atoms with Gasteiger partial charge in [-0.15, -0.1) is 11.3 Å². The van der Waals surface area contributed by atoms with Gasteiger partial charge in [0.2, 0.25) is 10.0 Å². The molecule has 2 heterocycles. The number of aromatic amines is 1. The van der Waals surface area contributed by atoms with Crippen molar-refractivity contribution in [3.05, 3.63) is 35.5 Å². The van der Waals surface area contributed by atoms with E-state index in [0.717, 1.165) is 5.56 Å². The second kappa shape index (κ2) is 4.13. The van der Waals surface area contributed by atoms with Crippen LogP contribution in [-0.2, 0) is 16.6 Å². The third kappa shape index (κ3) is 2.44. The minimum atomic E-state index is -3.37. The van der Waals surface area contributed by atoms with Crippen molar-refractivity contribution in [3.8, 4) is 0 Å². The molecule has 5 nitrogen and oxygen atoms in total. The highest BCUT2D eigenvalue weighted by Gasteiger charge is 2.14. The molecule has 2 rings (SSSR count). The highest BCUT2D eigenvalue weighted by molar-refractivity contribution is 7.91. The summed E-state index contributed by atoms with van der Waals surface area (Å²) < 4.78 is 26.1. The number of hydrogen-bond donors (Lipinski definition) is 2. The first-order chi connectivity index (χ1) is 7.18. The molecular formula is C8H9N3O2S2. The van der Waals surface area contributed by atoms with E-state index in [2.05, 4.69) is 14.9 Å². The SMILES string of the molecule is O=S(=O)(NCc1cn[nH]c1)c1cccs1. The average Bonchev–Trinajstić information content (AvgIpc) is 2.88. The average molecular weight is 243 g/mol. The normalized spacial score (nSPS) is 11.7. The molecule has 0 saturated heterocycles. The van der Waals surface area contributed by atoms with Gasteiger partial charge in [-0.1, -0.05) is 6.07 Å². The molecule has 2 N–H and O–H groups in total. The topological polar surface area (TPSA) is 74.8 Å². The summed E-state index contributed by atoms with van der Waals surface area (Å²) in [5.41, 5.74) is 0.801. The molecule has 0 fully saturated rings. The third-order valence-corrected chi connectivity index (χ3v) is 4.58. The maximum atomic E-state index is 11.7. The summed E-state index contributed by atoms with van der Waals surface area (Å²) in [5.74, 6) is 0. The zero-order chi connectivity index (χ0) is 10.7. The van der Waals surface area contributed by atoms with E-state index in [4.69, 9.17) is 0 Å². The van der Waals surface area contributed by atoms with E-state index in [1.165, 1.54) is 11.3 Å². The van der Waals surface area contributed by atoms with E-state index >= 15 is 0 Å². The van der Waals surface area contributed by atoms with E-state index in [0.29, 0.717) is 4.21 Å². The van der Waals surface area contributed by atoms with Crippen molar-refractivity contribution in [2.75, 3.05) is 0 Å². The van der Waals surface area contributed by atoms with Crippen LogP contribution in [0.1, 0.15) is 5.56 Å². The second-order valence-corrected chi connectivity index (χ2v) is 5.80. The number of aromatic nitrogens is 2. The molecule has 80 valence electrons. The van der Waals surface area contributed by atoms with Crippen molar-refractivity contribution in [1.29, 1.82) is 0 Å². The number of sulfonamides is 1. The molecule has 0 unspecified atom stereocenters. The maximum absolute atomic E-state index is 11.7. The molecule has 15 heavy (non-hydrogen) atoms. The second-order valence-electron chi connectivity index (χ2n) is 2.86. The lowest BCUT2D eigenvalue weighted by Gasteiger charge is -2.01. The Bertz CT molecular complexity index is 502. The number of H-pyrrole nitrogens is 1. The molecule has 0 atom stereocenters. The van der Waals surface area contributed by atoms with Gasteiger partial charge in [-0.2, -0.15) is 5.10 Å². The van der Waals surface area contributed by atoms with Crippen LogP contribution in [0.4, 0.5) is 0 Å². The van der Waals surface area contributed by atoms with Crippen LogP contribution in [0.2, 0.25) is 0 Å². The Kier molecular flexibility index (Phi) is 2.85. The Morgan fingerprint density at radius 3 is 3.00 bits per heavy atom. The van der Waals surface area contributed by atoms with E-state index in [-0.39, 0.29) is 6.54 Å². The van der Waals surface area contributed by atoms with Crippen molar-refractivity contribution in [1.82, 2.24) is 14.9 Å². The smallest absolute Gasteiger partial charge is 0.250 e. The standard InChI is InChI=1S/C8H9N3O2S2/c12-15(13,8-2-1-3-14-8)11-6-7-4-9-10-5-7/h1-5,11H,6H2,(H,9,10). The zero-order valence-corrected chi connectivity index (χ0v) is 9.31. The van der Waals surface area contributed by atoms with Crippen molar-refractivity contribution in [2.45, 2.75) is 10.8 Å². The number of rotatable bonds is 4. The molecule has 0 bridgehead atoms. The fourth-order valence-electron chi connectivity index (χ4n) is 1.04. The summed E-state index contributed by atoms with van der Waals surface area (Å²) in [7, 11) is -3.37. The lowest BCUT2D eigenvalue weighted by Crippen LogP contribution is -2.22. The fraction of sp³-hybridized carbons (Fsp3) is 0.125. The van der Waals surface area contributed by atoms with Gasteiger partial charge in [-0.25, -0.2) is 13.1 Å². The van der Waals surface area contributed by atoms with Gasteiger partial charge in [0.05, 0.1) is 6.20 Å². The first-order valence-corrected chi connectivity index (χ1v) is 6.55. The molecule has 0 aliphatic carbocycles. The molecule has 0 spiro atoms. The van der Waals surface area contributed by atoms with Gasteiger partial charge in [0.15, 0.2) is 0 Å². The van der Waals surface area contributed by atoms with Crippen LogP contribution < -0.4 is 4.72 Å². The Morgan fingerprint density at radius 2 is 2.40 bits per heavy atom. The van der Waals surface area contributed by atoms with Crippen LogP contribution in [0, 0.1) is 0 Å². The lowest BCUT2D eigenvalue weighted by molar-refractivity contribution is 0.583. The van der Waals surface area contributed by atoms with Crippen LogP contribution in [0.3, 0.4) is 0 Å². The Labute approximate surface area is 91.2 Å². The summed E-state index contributed by atoms with van der Waals surface area (Å²) in [5, 5.41) is 8.08. The van der Waals surface area contributed by atoms with Crippen LogP contribution in [0.25, 0.3) is 0 Å². The number of hydrogen-bond acceptors (Lipinski definition) is 4. The molecule has 2 aromatic rings. The minimum absolute atomic E-state index is 0.247. The monoisotopic (exact) mass is 243 g/mol. The molecule has 0 amide bonds. The highest BCUT2D eigenvalue weighted by atomic mass is 32.2. The van der Waals surface area contributed by atoms with Crippen molar-refractivity contribution < 1.29 is 8.42 Å². The molecule has 0 saturated carbocycles. The van der Waals surface area contributed by atoms with Gasteiger partial charge in [-0.3, -0.25) is 5.10 Å². The molecule has 7 heteroatoms. The summed E-state index contributed by atoms with van der Waals surface area (Å²) in [4.78, 5) is 0. The van der Waals surface area contributed by atoms with Gasteiger partial charge in [0.1, 0.15) is 4.21 Å². The summed E-state index contributed by atoms with van der Waals surface area (Å²) in [6.45, 7) is 0.247. The molecule has 0 aliphatic heterocycles. The van der Waals surface area contributed by atoms with E-state index in [1.807, 2.05) is 0 Å². The van der Waals surface area contributed by atoms with Gasteiger partial charge in [-0.05, 0) is 11.4 Å². The van der Waals surface area contributed by atoms with Crippen LogP contribution in [-0.4, -0.2) is 18.6 Å². The quantitative estimate of drug-likeness (QED) is 0.839. The van der Waals surface area contributed by atoms with E-state index in [9.17, 15) is 8.42 Å². The molecular weight excluding hydrogens is 234 g/mol. The summed E-state index contributed by atoms with van der Waals surface area (Å²) >= 11 is 1.19. The van der Waals surface area contributed by atoms with Crippen LogP contribution >= 0.6 is 11.3 Å². The molecule has 2 aromatic heterocycles. The van der Waals surface area contributed by atoms with Crippen LogP contribution in [0.5, 0.6) is 0 Å². The summed E-state index contributed by atoms with van der Waals surface area (Å²) in [6, 6.07) is 3.28. The largest absolute Gasteiger partial charge is 0.285 e. The lowest BCUT2D eigenvalue weighted by atomic mass is 10.4. The minimum Gasteiger partial charge on any atom is -0.285 e. The molecule has 0 radical (unpaired) electrons. The van der Waals surface area contributed by atoms with Crippen LogP contribution in [0.15, 0.2) is 34.1 Å². The highest BCUT2D eigenvalue weighted by Crippen LogP contribution is 2.15. The third-order valence-electron chi connectivity index (χ3n) is 1.78. The number of nitrogens with one attached hydrogen (secondary N) is 2. The Hall–Kier alpha value is -1.18. The van der Waals surface area contributed by atoms with E-state index in [1.54, 1.807) is 29.9 Å². The summed E-state index contributed by atoms with van der Waals surface area (Å²) in [6.07, 6.45) is 3.23. The number of nitrogens with zero attached hydrogens (tertiary/aromatic N) is 1. The Morgan fingerprint density at radius 1 is 1.53 bits per heavy atom. The van der Waals surface area contributed by atoms with Gasteiger partial charge in [0, 0.05) is 18.3 Å².